The standard InChI is InChI=1S/C8H15NO2/c1-5-11-7(10)6-9-8(2,3)4/h6H,5H2,1-4H3. The van der Waals surface area contributed by atoms with Gasteiger partial charge < -0.3 is 4.74 Å². The van der Waals surface area contributed by atoms with Crippen molar-refractivity contribution in [3.05, 3.63) is 0 Å². The number of carbonyl (C=O) groups is 1. The Labute approximate surface area is 67.5 Å². The van der Waals surface area contributed by atoms with Crippen molar-refractivity contribution < 1.29 is 9.53 Å². The van der Waals surface area contributed by atoms with E-state index in [-0.39, 0.29) is 11.5 Å². The lowest BCUT2D eigenvalue weighted by Gasteiger charge is -2.09. The molecule has 0 bridgehead atoms. The van der Waals surface area contributed by atoms with Gasteiger partial charge in [-0.3, -0.25) is 4.99 Å². The Bertz CT molecular complexity index is 156. The third-order valence-corrected chi connectivity index (χ3v) is 0.844. The number of hydrogen-bond donors (Lipinski definition) is 0. The first kappa shape index (κ1) is 10.1. The molecule has 0 aliphatic carbocycles. The summed E-state index contributed by atoms with van der Waals surface area (Å²) in [4.78, 5) is 14.7. The molecule has 0 fully saturated rings. The molecule has 11 heavy (non-hydrogen) atoms. The topological polar surface area (TPSA) is 38.7 Å². The van der Waals surface area contributed by atoms with E-state index < -0.39 is 0 Å². The fraction of sp³-hybridized carbons (Fsp3) is 0.750. The van der Waals surface area contributed by atoms with Gasteiger partial charge in [-0.25, -0.2) is 4.79 Å². The van der Waals surface area contributed by atoms with Crippen molar-refractivity contribution in [3.63, 3.8) is 0 Å². The molecular formula is C8H15NO2. The molecule has 64 valence electrons. The van der Waals surface area contributed by atoms with Crippen LogP contribution in [0.3, 0.4) is 0 Å². The van der Waals surface area contributed by atoms with Crippen LogP contribution >= 0.6 is 0 Å². The summed E-state index contributed by atoms with van der Waals surface area (Å²) in [6.07, 6.45) is 1.23. The molecule has 0 atom stereocenters. The van der Waals surface area contributed by atoms with Gasteiger partial charge in [-0.1, -0.05) is 0 Å². The van der Waals surface area contributed by atoms with Gasteiger partial charge in [0.15, 0.2) is 0 Å². The van der Waals surface area contributed by atoms with E-state index in [9.17, 15) is 4.79 Å². The number of aliphatic imine (C=N–C) groups is 1. The zero-order chi connectivity index (χ0) is 8.91. The normalized spacial score (nSPS) is 12.0. The molecule has 0 aromatic heterocycles. The number of esters is 1. The van der Waals surface area contributed by atoms with Crippen molar-refractivity contribution in [2.24, 2.45) is 4.99 Å². The highest BCUT2D eigenvalue weighted by molar-refractivity contribution is 6.23. The van der Waals surface area contributed by atoms with E-state index in [0.29, 0.717) is 6.61 Å². The second-order valence-corrected chi connectivity index (χ2v) is 3.18. The minimum atomic E-state index is -0.373. The van der Waals surface area contributed by atoms with Crippen LogP contribution in [0.4, 0.5) is 0 Å². The van der Waals surface area contributed by atoms with E-state index >= 15 is 0 Å². The summed E-state index contributed by atoms with van der Waals surface area (Å²) in [5.74, 6) is -0.373. The smallest absolute Gasteiger partial charge is 0.348 e. The van der Waals surface area contributed by atoms with Crippen LogP contribution in [0.5, 0.6) is 0 Å². The van der Waals surface area contributed by atoms with Gasteiger partial charge in [0.1, 0.15) is 6.21 Å². The van der Waals surface area contributed by atoms with Crippen molar-refractivity contribution in [1.29, 1.82) is 0 Å². The first-order valence-electron chi connectivity index (χ1n) is 3.67. The SMILES string of the molecule is CCOC(=O)C=NC(C)(C)C. The van der Waals surface area contributed by atoms with Crippen LogP contribution in [0.25, 0.3) is 0 Å². The summed E-state index contributed by atoms with van der Waals surface area (Å²) >= 11 is 0. The maximum atomic E-state index is 10.7. The third kappa shape index (κ3) is 7.03. The second-order valence-electron chi connectivity index (χ2n) is 3.18. The predicted molar refractivity (Wildman–Crippen MR) is 44.9 cm³/mol. The minimum absolute atomic E-state index is 0.202. The first-order chi connectivity index (χ1) is 4.95. The van der Waals surface area contributed by atoms with Crippen LogP contribution in [-0.4, -0.2) is 24.3 Å². The molecule has 0 spiro atoms. The van der Waals surface area contributed by atoms with E-state index in [4.69, 9.17) is 0 Å². The molecule has 0 rings (SSSR count). The number of hydrogen-bond acceptors (Lipinski definition) is 3. The average molecular weight is 157 g/mol. The highest BCUT2D eigenvalue weighted by Crippen LogP contribution is 2.04. The zero-order valence-electron chi connectivity index (χ0n) is 7.55. The molecular weight excluding hydrogens is 142 g/mol. The van der Waals surface area contributed by atoms with Crippen molar-refractivity contribution in [2.45, 2.75) is 33.2 Å². The van der Waals surface area contributed by atoms with Gasteiger partial charge in [-0.15, -0.1) is 0 Å². The van der Waals surface area contributed by atoms with E-state index in [2.05, 4.69) is 9.73 Å². The summed E-state index contributed by atoms with van der Waals surface area (Å²) in [5, 5.41) is 0. The lowest BCUT2D eigenvalue weighted by atomic mass is 10.1. The fourth-order valence-corrected chi connectivity index (χ4v) is 0.426. The molecule has 0 saturated heterocycles. The molecule has 3 nitrogen and oxygen atoms in total. The summed E-state index contributed by atoms with van der Waals surface area (Å²) in [6, 6.07) is 0. The van der Waals surface area contributed by atoms with Gasteiger partial charge in [0.05, 0.1) is 12.1 Å². The lowest BCUT2D eigenvalue weighted by Crippen LogP contribution is -2.13. The largest absolute Gasteiger partial charge is 0.462 e. The van der Waals surface area contributed by atoms with Crippen molar-refractivity contribution >= 4 is 12.2 Å². The minimum Gasteiger partial charge on any atom is -0.462 e. The number of ether oxygens (including phenoxy) is 1. The maximum absolute atomic E-state index is 10.7. The van der Waals surface area contributed by atoms with Crippen LogP contribution in [0, 0.1) is 0 Å². The van der Waals surface area contributed by atoms with Gasteiger partial charge in [-0.05, 0) is 27.7 Å². The molecule has 0 aromatic rings. The van der Waals surface area contributed by atoms with E-state index in [1.54, 1.807) is 6.92 Å². The second kappa shape index (κ2) is 4.11. The van der Waals surface area contributed by atoms with Crippen LogP contribution in [0.15, 0.2) is 4.99 Å². The Kier molecular flexibility index (Phi) is 3.79. The highest BCUT2D eigenvalue weighted by Gasteiger charge is 2.06. The maximum Gasteiger partial charge on any atom is 0.348 e. The molecule has 0 aromatic carbocycles. The molecule has 0 aliphatic heterocycles. The molecule has 0 N–H and O–H groups in total. The Balaban J connectivity index is 3.83. The first-order valence-corrected chi connectivity index (χ1v) is 3.67. The zero-order valence-corrected chi connectivity index (χ0v) is 7.55. The van der Waals surface area contributed by atoms with Crippen LogP contribution in [-0.2, 0) is 9.53 Å². The van der Waals surface area contributed by atoms with Crippen molar-refractivity contribution in [2.75, 3.05) is 6.61 Å². The molecule has 0 amide bonds. The Hall–Kier alpha value is -0.860. The van der Waals surface area contributed by atoms with Gasteiger partial charge in [-0.2, -0.15) is 0 Å². The van der Waals surface area contributed by atoms with Crippen molar-refractivity contribution in [3.8, 4) is 0 Å². The number of nitrogens with zero attached hydrogens (tertiary/aromatic N) is 1. The Morgan fingerprint density at radius 3 is 2.45 bits per heavy atom. The summed E-state index contributed by atoms with van der Waals surface area (Å²) in [5.41, 5.74) is -0.202. The van der Waals surface area contributed by atoms with Crippen LogP contribution in [0.1, 0.15) is 27.7 Å². The molecule has 0 heterocycles. The summed E-state index contributed by atoms with van der Waals surface area (Å²) in [7, 11) is 0. The van der Waals surface area contributed by atoms with Gasteiger partial charge >= 0.3 is 5.97 Å². The molecule has 3 heteroatoms. The van der Waals surface area contributed by atoms with Crippen molar-refractivity contribution in [1.82, 2.24) is 0 Å². The predicted octanol–water partition coefficient (Wildman–Crippen LogP) is 1.42. The summed E-state index contributed by atoms with van der Waals surface area (Å²) < 4.78 is 4.65. The van der Waals surface area contributed by atoms with Gasteiger partial charge in [0.25, 0.3) is 0 Å². The van der Waals surface area contributed by atoms with E-state index in [1.807, 2.05) is 20.8 Å². The quantitative estimate of drug-likeness (QED) is 0.449. The molecule has 0 radical (unpaired) electrons. The Morgan fingerprint density at radius 1 is 1.55 bits per heavy atom. The molecule has 0 saturated carbocycles. The monoisotopic (exact) mass is 157 g/mol. The molecule has 0 aliphatic rings. The Morgan fingerprint density at radius 2 is 2.09 bits per heavy atom. The van der Waals surface area contributed by atoms with Crippen LogP contribution < -0.4 is 0 Å². The van der Waals surface area contributed by atoms with Gasteiger partial charge in [0.2, 0.25) is 0 Å². The van der Waals surface area contributed by atoms with Crippen LogP contribution in [0.2, 0.25) is 0 Å². The van der Waals surface area contributed by atoms with E-state index in [1.165, 1.54) is 6.21 Å². The number of rotatable bonds is 2. The third-order valence-electron chi connectivity index (χ3n) is 0.844. The number of carbonyl (C=O) groups excluding carboxylic acids is 1. The lowest BCUT2D eigenvalue weighted by molar-refractivity contribution is -0.134. The summed E-state index contributed by atoms with van der Waals surface area (Å²) in [6.45, 7) is 7.92. The molecule has 0 unspecified atom stereocenters. The average Bonchev–Trinajstić information content (AvgIpc) is 1.83. The van der Waals surface area contributed by atoms with Gasteiger partial charge in [0, 0.05) is 0 Å². The fourth-order valence-electron chi connectivity index (χ4n) is 0.426. The van der Waals surface area contributed by atoms with E-state index in [0.717, 1.165) is 0 Å². The highest BCUT2D eigenvalue weighted by atomic mass is 16.5.